The van der Waals surface area contributed by atoms with E-state index in [1.807, 2.05) is 0 Å². The molecule has 5 nitrogen and oxygen atoms in total. The molecule has 1 aliphatic carbocycles. The molecule has 82 valence electrons. The number of ether oxygens (including phenoxy) is 2. The van der Waals surface area contributed by atoms with Crippen molar-refractivity contribution in [2.75, 3.05) is 26.1 Å². The van der Waals surface area contributed by atoms with Crippen LogP contribution in [0.3, 0.4) is 0 Å². The van der Waals surface area contributed by atoms with E-state index in [0.717, 1.165) is 19.1 Å². The molecule has 0 aromatic rings. The highest BCUT2D eigenvalue weighted by Crippen LogP contribution is 2.44. The van der Waals surface area contributed by atoms with Crippen molar-refractivity contribution in [3.63, 3.8) is 0 Å². The first-order valence-corrected chi connectivity index (χ1v) is 6.43. The van der Waals surface area contributed by atoms with E-state index in [1.54, 1.807) is 0 Å². The van der Waals surface area contributed by atoms with Crippen LogP contribution in [0.5, 0.6) is 0 Å². The Morgan fingerprint density at radius 1 is 1.36 bits per heavy atom. The second-order valence-corrected chi connectivity index (χ2v) is 5.51. The molecule has 0 amide bonds. The summed E-state index contributed by atoms with van der Waals surface area (Å²) in [7, 11) is -3.31. The van der Waals surface area contributed by atoms with E-state index in [-0.39, 0.29) is 12.5 Å². The smallest absolute Gasteiger partial charge is 0.264 e. The van der Waals surface area contributed by atoms with Gasteiger partial charge in [0.05, 0.1) is 26.1 Å². The second kappa shape index (κ2) is 3.44. The van der Waals surface area contributed by atoms with Crippen LogP contribution < -0.4 is 0 Å². The molecule has 0 aromatic heterocycles. The van der Waals surface area contributed by atoms with E-state index in [1.165, 1.54) is 0 Å². The summed E-state index contributed by atoms with van der Waals surface area (Å²) in [5, 5.41) is 0. The Kier molecular flexibility index (Phi) is 2.55. The quantitative estimate of drug-likeness (QED) is 0.634. The van der Waals surface area contributed by atoms with Gasteiger partial charge in [0.2, 0.25) is 0 Å². The summed E-state index contributed by atoms with van der Waals surface area (Å²) in [6.07, 6.45) is 2.54. The highest BCUT2D eigenvalue weighted by atomic mass is 32.2. The number of rotatable bonds is 3. The van der Waals surface area contributed by atoms with E-state index in [9.17, 15) is 8.42 Å². The average Bonchev–Trinajstić information content (AvgIpc) is 2.44. The van der Waals surface area contributed by atoms with Gasteiger partial charge in [-0.2, -0.15) is 8.42 Å². The highest BCUT2D eigenvalue weighted by molar-refractivity contribution is 7.85. The standard InChI is InChI=1S/C8H14O5S/c1-14(9,10)13-6-7-4-8(5-7)11-2-3-12-8/h7H,2-6H2,1H3. The Balaban J connectivity index is 1.73. The molecule has 1 heterocycles. The molecule has 2 rings (SSSR count). The van der Waals surface area contributed by atoms with Crippen LogP contribution in [-0.4, -0.2) is 40.3 Å². The van der Waals surface area contributed by atoms with Gasteiger partial charge in [0.15, 0.2) is 5.79 Å². The minimum atomic E-state index is -3.31. The van der Waals surface area contributed by atoms with E-state index >= 15 is 0 Å². The fourth-order valence-corrected chi connectivity index (χ4v) is 2.33. The molecule has 6 heteroatoms. The van der Waals surface area contributed by atoms with Crippen LogP contribution in [0.4, 0.5) is 0 Å². The molecule has 2 aliphatic rings. The second-order valence-electron chi connectivity index (χ2n) is 3.87. The molecule has 0 radical (unpaired) electrons. The summed E-state index contributed by atoms with van der Waals surface area (Å²) in [5.74, 6) is -0.172. The zero-order valence-electron chi connectivity index (χ0n) is 8.06. The minimum Gasteiger partial charge on any atom is -0.348 e. The van der Waals surface area contributed by atoms with Crippen molar-refractivity contribution in [2.45, 2.75) is 18.6 Å². The monoisotopic (exact) mass is 222 g/mol. The molecule has 1 saturated heterocycles. The fraction of sp³-hybridized carbons (Fsp3) is 1.00. The van der Waals surface area contributed by atoms with Crippen molar-refractivity contribution in [1.29, 1.82) is 0 Å². The summed E-state index contributed by atoms with van der Waals surface area (Å²) in [6, 6.07) is 0. The Bertz CT molecular complexity index is 296. The molecule has 1 saturated carbocycles. The van der Waals surface area contributed by atoms with Crippen LogP contribution in [0.2, 0.25) is 0 Å². The molecule has 14 heavy (non-hydrogen) atoms. The van der Waals surface area contributed by atoms with Gasteiger partial charge in [0.1, 0.15) is 0 Å². The molecule has 0 aromatic carbocycles. The number of hydrogen-bond acceptors (Lipinski definition) is 5. The van der Waals surface area contributed by atoms with Gasteiger partial charge in [-0.3, -0.25) is 4.18 Å². The molecule has 1 spiro atoms. The lowest BCUT2D eigenvalue weighted by Crippen LogP contribution is -2.46. The molecule has 0 atom stereocenters. The molecule has 0 N–H and O–H groups in total. The molecule has 0 unspecified atom stereocenters. The first-order valence-electron chi connectivity index (χ1n) is 4.61. The van der Waals surface area contributed by atoms with Crippen molar-refractivity contribution in [3.8, 4) is 0 Å². The van der Waals surface area contributed by atoms with Gasteiger partial charge in [-0.25, -0.2) is 0 Å². The SMILES string of the molecule is CS(=O)(=O)OCC1CC2(C1)OCCO2. The molecular weight excluding hydrogens is 208 g/mol. The molecular formula is C8H14O5S. The van der Waals surface area contributed by atoms with Gasteiger partial charge >= 0.3 is 0 Å². The highest BCUT2D eigenvalue weighted by Gasteiger charge is 2.49. The Morgan fingerprint density at radius 2 is 1.93 bits per heavy atom. The summed E-state index contributed by atoms with van der Waals surface area (Å²) >= 11 is 0. The average molecular weight is 222 g/mol. The Hall–Kier alpha value is -0.170. The van der Waals surface area contributed by atoms with Gasteiger partial charge in [0.25, 0.3) is 10.1 Å². The van der Waals surface area contributed by atoms with E-state index in [2.05, 4.69) is 0 Å². The zero-order chi connectivity index (χ0) is 10.2. The predicted molar refractivity (Wildman–Crippen MR) is 48.2 cm³/mol. The van der Waals surface area contributed by atoms with Crippen LogP contribution >= 0.6 is 0 Å². The lowest BCUT2D eigenvalue weighted by molar-refractivity contribution is -0.233. The van der Waals surface area contributed by atoms with Gasteiger partial charge in [-0.1, -0.05) is 0 Å². The zero-order valence-corrected chi connectivity index (χ0v) is 8.88. The maximum Gasteiger partial charge on any atom is 0.264 e. The van der Waals surface area contributed by atoms with Crippen molar-refractivity contribution in [1.82, 2.24) is 0 Å². The predicted octanol–water partition coefficient (Wildman–Crippen LogP) is 0.116. The van der Waals surface area contributed by atoms with E-state index < -0.39 is 15.9 Å². The van der Waals surface area contributed by atoms with E-state index in [4.69, 9.17) is 13.7 Å². The van der Waals surface area contributed by atoms with Gasteiger partial charge in [0, 0.05) is 12.8 Å². The number of hydrogen-bond donors (Lipinski definition) is 0. The third-order valence-electron chi connectivity index (χ3n) is 2.53. The largest absolute Gasteiger partial charge is 0.348 e. The van der Waals surface area contributed by atoms with Crippen LogP contribution in [0.1, 0.15) is 12.8 Å². The first kappa shape index (κ1) is 10.4. The van der Waals surface area contributed by atoms with Crippen LogP contribution in [-0.2, 0) is 23.8 Å². The minimum absolute atomic E-state index is 0.239. The summed E-state index contributed by atoms with van der Waals surface area (Å²) in [5.41, 5.74) is 0. The molecule has 1 aliphatic heterocycles. The van der Waals surface area contributed by atoms with Crippen molar-refractivity contribution >= 4 is 10.1 Å². The van der Waals surface area contributed by atoms with Crippen LogP contribution in [0.15, 0.2) is 0 Å². The molecule has 2 fully saturated rings. The fourth-order valence-electron chi connectivity index (χ4n) is 1.89. The van der Waals surface area contributed by atoms with Crippen LogP contribution in [0.25, 0.3) is 0 Å². The maximum absolute atomic E-state index is 10.7. The summed E-state index contributed by atoms with van der Waals surface area (Å²) in [6.45, 7) is 1.52. The lowest BCUT2D eigenvalue weighted by Gasteiger charge is -2.42. The normalized spacial score (nSPS) is 26.6. The summed E-state index contributed by atoms with van der Waals surface area (Å²) < 4.78 is 36.9. The Morgan fingerprint density at radius 3 is 2.43 bits per heavy atom. The van der Waals surface area contributed by atoms with Crippen molar-refractivity contribution in [3.05, 3.63) is 0 Å². The van der Waals surface area contributed by atoms with Crippen molar-refractivity contribution < 1.29 is 22.1 Å². The van der Waals surface area contributed by atoms with Gasteiger partial charge in [-0.15, -0.1) is 0 Å². The van der Waals surface area contributed by atoms with Gasteiger partial charge in [-0.05, 0) is 5.92 Å². The first-order chi connectivity index (χ1) is 6.49. The molecule has 0 bridgehead atoms. The van der Waals surface area contributed by atoms with Gasteiger partial charge < -0.3 is 9.47 Å². The third kappa shape index (κ3) is 2.25. The lowest BCUT2D eigenvalue weighted by atomic mass is 9.79. The maximum atomic E-state index is 10.7. The van der Waals surface area contributed by atoms with Crippen LogP contribution in [0, 0.1) is 5.92 Å². The topological polar surface area (TPSA) is 61.8 Å². The summed E-state index contributed by atoms with van der Waals surface area (Å²) in [4.78, 5) is 0. The van der Waals surface area contributed by atoms with E-state index in [0.29, 0.717) is 13.2 Å². The third-order valence-corrected chi connectivity index (χ3v) is 3.09. The Labute approximate surface area is 83.5 Å². The van der Waals surface area contributed by atoms with Crippen molar-refractivity contribution in [2.24, 2.45) is 5.92 Å².